The maximum absolute atomic E-state index is 13.4. The lowest BCUT2D eigenvalue weighted by Gasteiger charge is -2.44. The largest absolute Gasteiger partial charge is 0.548 e. The van der Waals surface area contributed by atoms with Crippen LogP contribution in [0.25, 0.3) is 0 Å². The smallest absolute Gasteiger partial charge is 0.292 e. The van der Waals surface area contributed by atoms with Crippen LogP contribution in [-0.4, -0.2) is 59.0 Å². The zero-order chi connectivity index (χ0) is 20.6. The Balaban J connectivity index is 1.54. The van der Waals surface area contributed by atoms with Crippen LogP contribution in [0.4, 0.5) is 4.39 Å². The van der Waals surface area contributed by atoms with Crippen LogP contribution in [-0.2, 0) is 9.53 Å². The number of piperidine rings is 1. The SMILES string of the molecule is O=C([O-])[C@@H]1COC2(CCN(C(=O)c3cccc(F)c3)CC2)N1C(=O)c1ccco1. The van der Waals surface area contributed by atoms with Crippen LogP contribution < -0.4 is 5.11 Å². The lowest BCUT2D eigenvalue weighted by molar-refractivity contribution is -0.310. The van der Waals surface area contributed by atoms with Crippen molar-refractivity contribution in [3.05, 3.63) is 59.8 Å². The number of amides is 2. The first-order valence-corrected chi connectivity index (χ1v) is 9.18. The van der Waals surface area contributed by atoms with E-state index >= 15 is 0 Å². The summed E-state index contributed by atoms with van der Waals surface area (Å²) in [4.78, 5) is 39.8. The van der Waals surface area contributed by atoms with E-state index in [1.165, 1.54) is 41.5 Å². The van der Waals surface area contributed by atoms with Gasteiger partial charge in [-0.05, 0) is 30.3 Å². The molecule has 2 fully saturated rings. The van der Waals surface area contributed by atoms with E-state index in [9.17, 15) is 23.9 Å². The average Bonchev–Trinajstić information content (AvgIpc) is 3.36. The van der Waals surface area contributed by atoms with Crippen molar-refractivity contribution in [2.24, 2.45) is 0 Å². The summed E-state index contributed by atoms with van der Waals surface area (Å²) in [5.74, 6) is -2.86. The first-order chi connectivity index (χ1) is 13.9. The molecule has 0 aliphatic carbocycles. The second kappa shape index (κ2) is 7.32. The van der Waals surface area contributed by atoms with Crippen molar-refractivity contribution < 1.29 is 33.0 Å². The number of rotatable bonds is 3. The normalized spacial score (nSPS) is 20.8. The number of hydrogen-bond acceptors (Lipinski definition) is 6. The monoisotopic (exact) mass is 401 g/mol. The molecule has 2 aliphatic rings. The van der Waals surface area contributed by atoms with E-state index in [0.717, 1.165) is 11.0 Å². The van der Waals surface area contributed by atoms with Crippen LogP contribution in [0.1, 0.15) is 33.8 Å². The summed E-state index contributed by atoms with van der Waals surface area (Å²) in [7, 11) is 0. The van der Waals surface area contributed by atoms with Crippen molar-refractivity contribution in [3.8, 4) is 0 Å². The Labute approximate surface area is 165 Å². The molecule has 0 bridgehead atoms. The summed E-state index contributed by atoms with van der Waals surface area (Å²) in [6.45, 7) is 0.237. The van der Waals surface area contributed by atoms with Gasteiger partial charge in [0.15, 0.2) is 5.76 Å². The molecule has 2 aliphatic heterocycles. The number of nitrogens with zero attached hydrogens (tertiary/aromatic N) is 2. The molecular formula is C20H18FN2O6-. The molecule has 1 aromatic carbocycles. The van der Waals surface area contributed by atoms with Gasteiger partial charge in [-0.2, -0.15) is 0 Å². The lowest BCUT2D eigenvalue weighted by atomic mass is 9.96. The Morgan fingerprint density at radius 3 is 2.48 bits per heavy atom. The predicted octanol–water partition coefficient (Wildman–Crippen LogP) is 0.642. The summed E-state index contributed by atoms with van der Waals surface area (Å²) in [5.41, 5.74) is -0.947. The van der Waals surface area contributed by atoms with Crippen molar-refractivity contribution in [2.75, 3.05) is 19.7 Å². The number of carbonyl (C=O) groups is 3. The number of likely N-dealkylation sites (tertiary alicyclic amines) is 1. The number of hydrogen-bond donors (Lipinski definition) is 0. The van der Waals surface area contributed by atoms with E-state index in [1.54, 1.807) is 0 Å². The van der Waals surface area contributed by atoms with E-state index in [4.69, 9.17) is 9.15 Å². The number of benzene rings is 1. The van der Waals surface area contributed by atoms with E-state index in [2.05, 4.69) is 0 Å². The molecule has 1 aromatic heterocycles. The number of carbonyl (C=O) groups excluding carboxylic acids is 3. The van der Waals surface area contributed by atoms with Crippen molar-refractivity contribution in [3.63, 3.8) is 0 Å². The highest BCUT2D eigenvalue weighted by Gasteiger charge is 2.53. The topological polar surface area (TPSA) is 103 Å². The standard InChI is InChI=1S/C20H19FN2O6/c21-14-4-1-3-13(11-14)17(24)22-8-6-20(7-9-22)23(15(12-29-20)19(26)27)18(25)16-5-2-10-28-16/h1-5,10-11,15H,6-9,12H2,(H,26,27)/p-1/t15-/m0/s1. The quantitative estimate of drug-likeness (QED) is 0.748. The zero-order valence-corrected chi connectivity index (χ0v) is 15.4. The zero-order valence-electron chi connectivity index (χ0n) is 15.4. The van der Waals surface area contributed by atoms with E-state index in [-0.39, 0.29) is 49.8 Å². The molecular weight excluding hydrogens is 383 g/mol. The maximum Gasteiger partial charge on any atom is 0.292 e. The molecule has 152 valence electrons. The molecule has 29 heavy (non-hydrogen) atoms. The third-order valence-corrected chi connectivity index (χ3v) is 5.39. The van der Waals surface area contributed by atoms with Gasteiger partial charge in [0.05, 0.1) is 24.9 Å². The van der Waals surface area contributed by atoms with Gasteiger partial charge in [-0.1, -0.05) is 6.07 Å². The van der Waals surface area contributed by atoms with Gasteiger partial charge in [-0.15, -0.1) is 0 Å². The molecule has 0 radical (unpaired) electrons. The van der Waals surface area contributed by atoms with Crippen molar-refractivity contribution in [2.45, 2.75) is 24.6 Å². The Kier molecular flexibility index (Phi) is 4.83. The molecule has 2 aromatic rings. The molecule has 0 N–H and O–H groups in total. The second-order valence-electron chi connectivity index (χ2n) is 7.05. The second-order valence-corrected chi connectivity index (χ2v) is 7.05. The minimum absolute atomic E-state index is 0.000563. The number of ether oxygens (including phenoxy) is 1. The van der Waals surface area contributed by atoms with Gasteiger partial charge in [0.25, 0.3) is 11.8 Å². The first kappa shape index (κ1) is 19.1. The Morgan fingerprint density at radius 1 is 1.10 bits per heavy atom. The Bertz CT molecular complexity index is 936. The summed E-state index contributed by atoms with van der Waals surface area (Å²) < 4.78 is 24.3. The fourth-order valence-corrected chi connectivity index (χ4v) is 3.93. The highest BCUT2D eigenvalue weighted by atomic mass is 19.1. The molecule has 0 saturated carbocycles. The molecule has 2 amide bonds. The molecule has 2 saturated heterocycles. The minimum Gasteiger partial charge on any atom is -0.548 e. The van der Waals surface area contributed by atoms with Crippen LogP contribution in [0.2, 0.25) is 0 Å². The van der Waals surface area contributed by atoms with Crippen LogP contribution >= 0.6 is 0 Å². The van der Waals surface area contributed by atoms with Crippen molar-refractivity contribution >= 4 is 17.8 Å². The fraction of sp³-hybridized carbons (Fsp3) is 0.350. The van der Waals surface area contributed by atoms with Gasteiger partial charge in [-0.25, -0.2) is 4.39 Å². The predicted molar refractivity (Wildman–Crippen MR) is 93.9 cm³/mol. The first-order valence-electron chi connectivity index (χ1n) is 9.18. The molecule has 8 nitrogen and oxygen atoms in total. The lowest BCUT2D eigenvalue weighted by Crippen LogP contribution is -2.60. The molecule has 1 spiro atoms. The summed E-state index contributed by atoms with van der Waals surface area (Å²) in [6.07, 6.45) is 1.75. The van der Waals surface area contributed by atoms with Gasteiger partial charge in [-0.3, -0.25) is 14.5 Å². The third kappa shape index (κ3) is 3.38. The fourth-order valence-electron chi connectivity index (χ4n) is 3.93. The van der Waals surface area contributed by atoms with Crippen LogP contribution in [0.5, 0.6) is 0 Å². The minimum atomic E-state index is -1.42. The molecule has 1 atom stereocenters. The molecule has 0 unspecified atom stereocenters. The third-order valence-electron chi connectivity index (χ3n) is 5.39. The van der Waals surface area contributed by atoms with Crippen LogP contribution in [0.15, 0.2) is 47.1 Å². The number of furan rings is 1. The van der Waals surface area contributed by atoms with Gasteiger partial charge < -0.3 is 24.0 Å². The average molecular weight is 401 g/mol. The summed E-state index contributed by atoms with van der Waals surface area (Å²) in [5, 5.41) is 11.6. The summed E-state index contributed by atoms with van der Waals surface area (Å²) >= 11 is 0. The van der Waals surface area contributed by atoms with Crippen LogP contribution in [0.3, 0.4) is 0 Å². The highest BCUT2D eigenvalue weighted by molar-refractivity contribution is 5.95. The molecule has 9 heteroatoms. The van der Waals surface area contributed by atoms with Crippen molar-refractivity contribution in [1.82, 2.24) is 9.80 Å². The maximum atomic E-state index is 13.4. The van der Waals surface area contributed by atoms with E-state index < -0.39 is 29.5 Å². The highest BCUT2D eigenvalue weighted by Crippen LogP contribution is 2.38. The molecule has 4 rings (SSSR count). The molecule has 3 heterocycles. The number of aliphatic carboxylic acids is 1. The van der Waals surface area contributed by atoms with Gasteiger partial charge >= 0.3 is 0 Å². The summed E-state index contributed by atoms with van der Waals surface area (Å²) in [6, 6.07) is 7.14. The van der Waals surface area contributed by atoms with Crippen LogP contribution in [0, 0.1) is 5.82 Å². The number of carboxylic acid groups (broad SMARTS) is 1. The number of carboxylic acids is 1. The van der Waals surface area contributed by atoms with E-state index in [1.807, 2.05) is 0 Å². The van der Waals surface area contributed by atoms with E-state index in [0.29, 0.717) is 0 Å². The van der Waals surface area contributed by atoms with Gasteiger partial charge in [0.1, 0.15) is 11.5 Å². The van der Waals surface area contributed by atoms with Gasteiger partial charge in [0, 0.05) is 31.5 Å². The number of halogens is 1. The van der Waals surface area contributed by atoms with Crippen molar-refractivity contribution in [1.29, 1.82) is 0 Å². The Hall–Kier alpha value is -3.20. The van der Waals surface area contributed by atoms with Gasteiger partial charge in [0.2, 0.25) is 0 Å². The Morgan fingerprint density at radius 2 is 1.86 bits per heavy atom.